The fraction of sp³-hybridized carbons (Fsp3) is 0.737. The molecule has 0 radical (unpaired) electrons. The number of piperidine rings is 1. The number of hydrogen-bond acceptors (Lipinski definition) is 4. The number of likely N-dealkylation sites (tertiary alicyclic amines) is 1. The van der Waals surface area contributed by atoms with Crippen LogP contribution in [0.4, 0.5) is 0 Å². The van der Waals surface area contributed by atoms with Gasteiger partial charge in [-0.1, -0.05) is 12.1 Å². The van der Waals surface area contributed by atoms with Gasteiger partial charge in [0.15, 0.2) is 5.69 Å². The van der Waals surface area contributed by atoms with Gasteiger partial charge in [0.1, 0.15) is 5.76 Å². The van der Waals surface area contributed by atoms with Crippen LogP contribution in [-0.4, -0.2) is 41.0 Å². The standard InChI is InChI=1S/C19H27N3O3/c1-12-2-3-14(10-12)19(24)22-8-6-15(7-9-22)20-18(23)16-11-17(25-21-16)13-4-5-13/h11-15H,2-10H2,1H3,(H,20,23)/t12-,14?/m1/s1. The monoisotopic (exact) mass is 345 g/mol. The second-order valence-electron chi connectivity index (χ2n) is 8.08. The molecular formula is C19H27N3O3. The summed E-state index contributed by atoms with van der Waals surface area (Å²) in [4.78, 5) is 26.9. The van der Waals surface area contributed by atoms with Crippen LogP contribution in [0.15, 0.2) is 10.6 Å². The predicted molar refractivity (Wildman–Crippen MR) is 92.1 cm³/mol. The molecule has 1 N–H and O–H groups in total. The van der Waals surface area contributed by atoms with Crippen LogP contribution in [0.3, 0.4) is 0 Å². The highest BCUT2D eigenvalue weighted by Gasteiger charge is 2.33. The number of amides is 2. The van der Waals surface area contributed by atoms with Crippen LogP contribution < -0.4 is 5.32 Å². The van der Waals surface area contributed by atoms with Crippen LogP contribution in [0.2, 0.25) is 0 Å². The van der Waals surface area contributed by atoms with Crippen molar-refractivity contribution in [3.05, 3.63) is 17.5 Å². The third-order valence-electron chi connectivity index (χ3n) is 5.93. The van der Waals surface area contributed by atoms with E-state index in [9.17, 15) is 9.59 Å². The van der Waals surface area contributed by atoms with E-state index >= 15 is 0 Å². The van der Waals surface area contributed by atoms with Gasteiger partial charge in [-0.15, -0.1) is 0 Å². The number of carbonyl (C=O) groups excluding carboxylic acids is 2. The quantitative estimate of drug-likeness (QED) is 0.910. The van der Waals surface area contributed by atoms with Crippen molar-refractivity contribution in [1.82, 2.24) is 15.4 Å². The first-order chi connectivity index (χ1) is 12.1. The molecule has 1 saturated heterocycles. The fourth-order valence-electron chi connectivity index (χ4n) is 4.15. The van der Waals surface area contributed by atoms with Gasteiger partial charge >= 0.3 is 0 Å². The van der Waals surface area contributed by atoms with Gasteiger partial charge < -0.3 is 14.7 Å². The minimum Gasteiger partial charge on any atom is -0.360 e. The van der Waals surface area contributed by atoms with E-state index in [1.165, 1.54) is 6.42 Å². The van der Waals surface area contributed by atoms with Gasteiger partial charge in [0.25, 0.3) is 5.91 Å². The highest BCUT2D eigenvalue weighted by Crippen LogP contribution is 2.40. The first kappa shape index (κ1) is 16.6. The summed E-state index contributed by atoms with van der Waals surface area (Å²) in [6.07, 6.45) is 7.12. The van der Waals surface area contributed by atoms with Crippen LogP contribution in [0.25, 0.3) is 0 Å². The number of nitrogens with zero attached hydrogens (tertiary/aromatic N) is 2. The molecule has 4 rings (SSSR count). The van der Waals surface area contributed by atoms with Gasteiger partial charge in [-0.2, -0.15) is 0 Å². The second kappa shape index (κ2) is 6.81. The van der Waals surface area contributed by atoms with Crippen LogP contribution in [-0.2, 0) is 4.79 Å². The fourth-order valence-corrected chi connectivity index (χ4v) is 4.15. The van der Waals surface area contributed by atoms with Crippen LogP contribution in [0, 0.1) is 11.8 Å². The van der Waals surface area contributed by atoms with E-state index in [1.54, 1.807) is 6.07 Å². The molecule has 1 unspecified atom stereocenters. The lowest BCUT2D eigenvalue weighted by Gasteiger charge is -2.33. The van der Waals surface area contributed by atoms with Crippen molar-refractivity contribution in [3.8, 4) is 0 Å². The molecule has 25 heavy (non-hydrogen) atoms. The van der Waals surface area contributed by atoms with E-state index in [0.717, 1.165) is 57.4 Å². The summed E-state index contributed by atoms with van der Waals surface area (Å²) < 4.78 is 5.25. The maximum absolute atomic E-state index is 12.6. The molecule has 1 aromatic rings. The van der Waals surface area contributed by atoms with Crippen molar-refractivity contribution in [1.29, 1.82) is 0 Å². The van der Waals surface area contributed by atoms with Crippen molar-refractivity contribution in [2.24, 2.45) is 11.8 Å². The molecule has 0 bridgehead atoms. The van der Waals surface area contributed by atoms with E-state index < -0.39 is 0 Å². The van der Waals surface area contributed by atoms with E-state index in [1.807, 2.05) is 4.90 Å². The lowest BCUT2D eigenvalue weighted by Crippen LogP contribution is -2.47. The Labute approximate surface area is 148 Å². The molecule has 3 fully saturated rings. The third-order valence-corrected chi connectivity index (χ3v) is 5.93. The van der Waals surface area contributed by atoms with Gasteiger partial charge in [-0.25, -0.2) is 0 Å². The smallest absolute Gasteiger partial charge is 0.273 e. The number of rotatable bonds is 4. The second-order valence-corrected chi connectivity index (χ2v) is 8.08. The van der Waals surface area contributed by atoms with Crippen molar-refractivity contribution < 1.29 is 14.1 Å². The summed E-state index contributed by atoms with van der Waals surface area (Å²) >= 11 is 0. The molecule has 0 spiro atoms. The van der Waals surface area contributed by atoms with E-state index in [2.05, 4.69) is 17.4 Å². The van der Waals surface area contributed by atoms with Crippen molar-refractivity contribution in [2.45, 2.75) is 63.8 Å². The molecule has 2 saturated carbocycles. The van der Waals surface area contributed by atoms with Gasteiger partial charge in [-0.3, -0.25) is 9.59 Å². The zero-order chi connectivity index (χ0) is 17.4. The Balaban J connectivity index is 1.25. The van der Waals surface area contributed by atoms with Gasteiger partial charge in [0, 0.05) is 37.0 Å². The summed E-state index contributed by atoms with van der Waals surface area (Å²) in [5.74, 6) is 2.34. The van der Waals surface area contributed by atoms with Gasteiger partial charge in [0.05, 0.1) is 0 Å². The molecule has 2 amide bonds. The van der Waals surface area contributed by atoms with E-state index in [0.29, 0.717) is 23.4 Å². The molecule has 1 aromatic heterocycles. The minimum absolute atomic E-state index is 0.111. The zero-order valence-electron chi connectivity index (χ0n) is 14.9. The van der Waals surface area contributed by atoms with Crippen molar-refractivity contribution in [3.63, 3.8) is 0 Å². The lowest BCUT2D eigenvalue weighted by atomic mass is 10.00. The summed E-state index contributed by atoms with van der Waals surface area (Å²) in [5.41, 5.74) is 0.375. The molecule has 6 heteroatoms. The first-order valence-electron chi connectivity index (χ1n) is 9.66. The summed E-state index contributed by atoms with van der Waals surface area (Å²) in [6.45, 7) is 3.70. The molecule has 2 heterocycles. The molecule has 136 valence electrons. The van der Waals surface area contributed by atoms with Crippen LogP contribution in [0.1, 0.15) is 74.0 Å². The number of aromatic nitrogens is 1. The summed E-state index contributed by atoms with van der Waals surface area (Å²) in [5, 5.41) is 6.94. The molecule has 6 nitrogen and oxygen atoms in total. The average molecular weight is 345 g/mol. The highest BCUT2D eigenvalue weighted by atomic mass is 16.5. The Morgan fingerprint density at radius 2 is 1.92 bits per heavy atom. The largest absolute Gasteiger partial charge is 0.360 e. The normalized spacial score (nSPS) is 27.5. The topological polar surface area (TPSA) is 75.4 Å². The first-order valence-corrected chi connectivity index (χ1v) is 9.66. The van der Waals surface area contributed by atoms with Gasteiger partial charge in [-0.05, 0) is 50.9 Å². The minimum atomic E-state index is -0.162. The Morgan fingerprint density at radius 3 is 2.56 bits per heavy atom. The average Bonchev–Trinajstić information content (AvgIpc) is 3.17. The maximum Gasteiger partial charge on any atom is 0.273 e. The molecule has 2 aliphatic carbocycles. The Bertz CT molecular complexity index is 644. The van der Waals surface area contributed by atoms with Gasteiger partial charge in [0.2, 0.25) is 5.91 Å². The SMILES string of the molecule is C[C@@H]1CCC(C(=O)N2CCC(NC(=O)c3cc(C4CC4)on3)CC2)C1. The number of hydrogen-bond donors (Lipinski definition) is 1. The predicted octanol–water partition coefficient (Wildman–Crippen LogP) is 2.71. The molecule has 0 aromatic carbocycles. The number of carbonyl (C=O) groups is 2. The lowest BCUT2D eigenvalue weighted by molar-refractivity contribution is -0.136. The van der Waals surface area contributed by atoms with E-state index in [-0.39, 0.29) is 17.9 Å². The molecule has 1 aliphatic heterocycles. The molecule has 2 atom stereocenters. The molecule has 3 aliphatic rings. The Morgan fingerprint density at radius 1 is 1.16 bits per heavy atom. The Kier molecular flexibility index (Phi) is 4.52. The summed E-state index contributed by atoms with van der Waals surface area (Å²) in [7, 11) is 0. The third kappa shape index (κ3) is 3.72. The number of nitrogens with one attached hydrogen (secondary N) is 1. The van der Waals surface area contributed by atoms with Crippen LogP contribution >= 0.6 is 0 Å². The summed E-state index contributed by atoms with van der Waals surface area (Å²) in [6, 6.07) is 1.88. The maximum atomic E-state index is 12.6. The van der Waals surface area contributed by atoms with Crippen molar-refractivity contribution in [2.75, 3.05) is 13.1 Å². The van der Waals surface area contributed by atoms with Crippen molar-refractivity contribution >= 4 is 11.8 Å². The van der Waals surface area contributed by atoms with E-state index in [4.69, 9.17) is 4.52 Å². The highest BCUT2D eigenvalue weighted by molar-refractivity contribution is 5.92. The Hall–Kier alpha value is -1.85. The zero-order valence-corrected chi connectivity index (χ0v) is 14.9. The van der Waals surface area contributed by atoms with Crippen LogP contribution in [0.5, 0.6) is 0 Å². The molecular weight excluding hydrogens is 318 g/mol.